The van der Waals surface area contributed by atoms with Crippen molar-refractivity contribution in [1.29, 1.82) is 0 Å². The van der Waals surface area contributed by atoms with Gasteiger partial charge in [0.1, 0.15) is 13.1 Å². The summed E-state index contributed by atoms with van der Waals surface area (Å²) < 4.78 is 122. The molecule has 0 heterocycles. The highest BCUT2D eigenvalue weighted by Crippen LogP contribution is 2.42. The average molecular weight is 581 g/mol. The SMILES string of the molecule is CCCCCCC[N+](C)(CC)CC.CCCCC[N+](CCC)(S(=O)(=O)C(F)(F)F)S(=O)(=O)C(F)(F)F. The van der Waals surface area contributed by atoms with Crippen LogP contribution in [0.4, 0.5) is 26.3 Å². The Morgan fingerprint density at radius 1 is 0.528 bits per heavy atom. The van der Waals surface area contributed by atoms with E-state index in [1.807, 2.05) is 0 Å². The molecule has 0 aromatic rings. The number of halogens is 6. The van der Waals surface area contributed by atoms with Crippen molar-refractivity contribution in [1.82, 2.24) is 0 Å². The van der Waals surface area contributed by atoms with E-state index in [1.54, 1.807) is 6.92 Å². The fraction of sp³-hybridized carbons (Fsp3) is 1.00. The predicted molar refractivity (Wildman–Crippen MR) is 131 cm³/mol. The van der Waals surface area contributed by atoms with Gasteiger partial charge in [-0.15, -0.1) is 3.29 Å². The summed E-state index contributed by atoms with van der Waals surface area (Å²) in [6.45, 7) is 10.8. The minimum Gasteiger partial charge on any atom is -0.327 e. The molecule has 0 spiro atoms. The Bertz CT molecular complexity index is 765. The molecule has 220 valence electrons. The molecule has 0 fully saturated rings. The Balaban J connectivity index is 0. The maximum atomic E-state index is 12.8. The normalized spacial score (nSPS) is 13.9. The summed E-state index contributed by atoms with van der Waals surface area (Å²) in [6.07, 6.45) is 6.58. The number of alkyl halides is 6. The van der Waals surface area contributed by atoms with E-state index in [4.69, 9.17) is 0 Å². The van der Waals surface area contributed by atoms with Crippen LogP contribution < -0.4 is 0 Å². The van der Waals surface area contributed by atoms with Crippen LogP contribution in [0.3, 0.4) is 0 Å². The second-order valence-electron chi connectivity index (χ2n) is 9.20. The van der Waals surface area contributed by atoms with Crippen molar-refractivity contribution in [3.63, 3.8) is 0 Å². The number of unbranched alkanes of at least 4 members (excludes halogenated alkanes) is 6. The van der Waals surface area contributed by atoms with Crippen LogP contribution in [-0.4, -0.2) is 75.4 Å². The zero-order valence-electron chi connectivity index (χ0n) is 22.5. The molecule has 0 unspecified atom stereocenters. The molecule has 0 aliphatic heterocycles. The monoisotopic (exact) mass is 580 g/mol. The van der Waals surface area contributed by atoms with Gasteiger partial charge in [-0.2, -0.15) is 43.2 Å². The lowest BCUT2D eigenvalue weighted by Crippen LogP contribution is -2.64. The molecule has 0 saturated carbocycles. The van der Waals surface area contributed by atoms with Gasteiger partial charge in [-0.3, -0.25) is 0 Å². The molecule has 0 aliphatic carbocycles. The van der Waals surface area contributed by atoms with Gasteiger partial charge in [-0.1, -0.05) is 46.5 Å². The van der Waals surface area contributed by atoms with Gasteiger partial charge in [0.15, 0.2) is 0 Å². The molecule has 0 aromatic heterocycles. The van der Waals surface area contributed by atoms with Crippen LogP contribution in [0, 0.1) is 0 Å². The molecule has 0 aromatic carbocycles. The van der Waals surface area contributed by atoms with E-state index in [9.17, 15) is 43.2 Å². The second kappa shape index (κ2) is 15.7. The van der Waals surface area contributed by atoms with Crippen molar-refractivity contribution in [3.8, 4) is 0 Å². The summed E-state index contributed by atoms with van der Waals surface area (Å²) in [7, 11) is -10.9. The fourth-order valence-corrected chi connectivity index (χ4v) is 7.56. The van der Waals surface area contributed by atoms with Crippen LogP contribution in [0.25, 0.3) is 0 Å². The highest BCUT2D eigenvalue weighted by atomic mass is 32.3. The van der Waals surface area contributed by atoms with Crippen LogP contribution in [0.15, 0.2) is 0 Å². The summed E-state index contributed by atoms with van der Waals surface area (Å²) in [5, 5.41) is 0. The first-order valence-corrected chi connectivity index (χ1v) is 15.5. The van der Waals surface area contributed by atoms with E-state index >= 15 is 0 Å². The van der Waals surface area contributed by atoms with E-state index in [2.05, 4.69) is 27.8 Å². The molecule has 6 nitrogen and oxygen atoms in total. The number of nitrogens with zero attached hydrogens (tertiary/aromatic N) is 2. The van der Waals surface area contributed by atoms with Crippen LogP contribution in [0.5, 0.6) is 0 Å². The molecule has 0 radical (unpaired) electrons. The van der Waals surface area contributed by atoms with Gasteiger partial charge in [0.25, 0.3) is 0 Å². The predicted octanol–water partition coefficient (Wildman–Crippen LogP) is 6.55. The van der Waals surface area contributed by atoms with Gasteiger partial charge >= 0.3 is 31.1 Å². The molecule has 0 bridgehead atoms. The van der Waals surface area contributed by atoms with Gasteiger partial charge < -0.3 is 4.48 Å². The van der Waals surface area contributed by atoms with E-state index < -0.39 is 60.3 Å². The van der Waals surface area contributed by atoms with Crippen molar-refractivity contribution in [2.45, 2.75) is 103 Å². The summed E-state index contributed by atoms with van der Waals surface area (Å²) in [6, 6.07) is 0. The fourth-order valence-electron chi connectivity index (χ4n) is 3.68. The maximum Gasteiger partial charge on any atom is 0.550 e. The van der Waals surface area contributed by atoms with Crippen molar-refractivity contribution < 1.29 is 51.0 Å². The van der Waals surface area contributed by atoms with Crippen molar-refractivity contribution in [3.05, 3.63) is 0 Å². The van der Waals surface area contributed by atoms with Crippen LogP contribution in [0.1, 0.15) is 92.4 Å². The first kappa shape index (κ1) is 37.6. The minimum absolute atomic E-state index is 0.0878. The van der Waals surface area contributed by atoms with Crippen LogP contribution >= 0.6 is 0 Å². The highest BCUT2D eigenvalue weighted by Gasteiger charge is 2.72. The summed E-state index contributed by atoms with van der Waals surface area (Å²) in [5.74, 6) is 0. The first-order chi connectivity index (χ1) is 16.3. The summed E-state index contributed by atoms with van der Waals surface area (Å²) in [5.41, 5.74) is -12.3. The molecule has 0 aliphatic rings. The molecule has 0 amide bonds. The van der Waals surface area contributed by atoms with Gasteiger partial charge in [0.05, 0.1) is 26.7 Å². The molecule has 0 saturated heterocycles. The molecule has 14 heteroatoms. The first-order valence-electron chi connectivity index (χ1n) is 12.6. The Labute approximate surface area is 214 Å². The Morgan fingerprint density at radius 3 is 1.22 bits per heavy atom. The lowest BCUT2D eigenvalue weighted by atomic mass is 10.1. The zero-order chi connectivity index (χ0) is 28.9. The maximum absolute atomic E-state index is 12.8. The molecule has 0 atom stereocenters. The van der Waals surface area contributed by atoms with Crippen molar-refractivity contribution >= 4 is 20.0 Å². The second-order valence-corrected chi connectivity index (χ2v) is 13.7. The summed E-state index contributed by atoms with van der Waals surface area (Å²) >= 11 is 0. The largest absolute Gasteiger partial charge is 0.550 e. The Morgan fingerprint density at radius 2 is 0.889 bits per heavy atom. The van der Waals surface area contributed by atoms with E-state index in [0.29, 0.717) is 6.42 Å². The summed E-state index contributed by atoms with van der Waals surface area (Å²) in [4.78, 5) is 0. The van der Waals surface area contributed by atoms with Crippen molar-refractivity contribution in [2.24, 2.45) is 0 Å². The average Bonchev–Trinajstić information content (AvgIpc) is 2.77. The van der Waals surface area contributed by atoms with Crippen LogP contribution in [0.2, 0.25) is 0 Å². The smallest absolute Gasteiger partial charge is 0.327 e. The Hall–Kier alpha value is -0.600. The lowest BCUT2D eigenvalue weighted by molar-refractivity contribution is -0.906. The van der Waals surface area contributed by atoms with Crippen LogP contribution in [-0.2, 0) is 20.0 Å². The standard InChI is InChI=1S/C12H28N.C10H18F6NO4S2/c1-5-8-9-10-11-12-13(4,6-2)7-3;1-3-5-6-8-17(7-4-2,22(18,19)9(11,12)13)23(20,21)10(14,15)16/h5-12H2,1-4H3;3-8H2,1-2H3/q2*+1. The van der Waals surface area contributed by atoms with Gasteiger partial charge in [0.2, 0.25) is 0 Å². The third-order valence-electron chi connectivity index (χ3n) is 6.46. The number of hydrogen-bond acceptors (Lipinski definition) is 4. The molecule has 0 N–H and O–H groups in total. The van der Waals surface area contributed by atoms with Crippen molar-refractivity contribution in [2.75, 3.05) is 39.8 Å². The number of rotatable bonds is 16. The number of quaternary nitrogens is 2. The quantitative estimate of drug-likeness (QED) is 0.118. The number of hydrogen-bond donors (Lipinski definition) is 0. The van der Waals surface area contributed by atoms with E-state index in [0.717, 1.165) is 6.92 Å². The van der Waals surface area contributed by atoms with Gasteiger partial charge in [0, 0.05) is 0 Å². The zero-order valence-corrected chi connectivity index (χ0v) is 24.1. The third kappa shape index (κ3) is 9.94. The Kier molecular flexibility index (Phi) is 16.4. The van der Waals surface area contributed by atoms with Gasteiger partial charge in [-0.25, -0.2) is 0 Å². The molecular weight excluding hydrogens is 534 g/mol. The van der Waals surface area contributed by atoms with Gasteiger partial charge in [-0.05, 0) is 46.0 Å². The topological polar surface area (TPSA) is 68.3 Å². The number of sulfonamides is 2. The third-order valence-corrected chi connectivity index (χ3v) is 11.3. The lowest BCUT2D eigenvalue weighted by Gasteiger charge is -2.35. The van der Waals surface area contributed by atoms with E-state index in [-0.39, 0.29) is 6.42 Å². The minimum atomic E-state index is -6.65. The highest BCUT2D eigenvalue weighted by molar-refractivity contribution is 7.99. The molecule has 36 heavy (non-hydrogen) atoms. The van der Waals surface area contributed by atoms with E-state index in [1.165, 1.54) is 56.2 Å². The molecular formula is C22H46F6N2O4S2+2. The molecule has 0 rings (SSSR count).